The van der Waals surface area contributed by atoms with Crippen LogP contribution in [0.4, 0.5) is 0 Å². The van der Waals surface area contributed by atoms with Gasteiger partial charge in [-0.05, 0) is 63.9 Å². The summed E-state index contributed by atoms with van der Waals surface area (Å²) in [6.07, 6.45) is 10.2. The highest BCUT2D eigenvalue weighted by molar-refractivity contribution is 6.23. The van der Waals surface area contributed by atoms with Crippen molar-refractivity contribution in [2.45, 2.75) is 71.1 Å². The summed E-state index contributed by atoms with van der Waals surface area (Å²) in [4.78, 5) is 11.4. The van der Waals surface area contributed by atoms with Gasteiger partial charge in [-0.2, -0.15) is 0 Å². The highest BCUT2D eigenvalue weighted by atomic mass is 35.5. The molecule has 0 amide bonds. The molecule has 0 aromatic heterocycles. The van der Waals surface area contributed by atoms with E-state index >= 15 is 0 Å². The molecule has 0 bridgehead atoms. The van der Waals surface area contributed by atoms with E-state index in [9.17, 15) is 4.79 Å². The van der Waals surface area contributed by atoms with Gasteiger partial charge in [0, 0.05) is 11.0 Å². The summed E-state index contributed by atoms with van der Waals surface area (Å²) in [5, 5.41) is 0. The van der Waals surface area contributed by atoms with Crippen LogP contribution in [0.15, 0.2) is 23.3 Å². The van der Waals surface area contributed by atoms with Crippen LogP contribution >= 0.6 is 11.6 Å². The Hall–Kier alpha value is -0.760. The third-order valence-corrected chi connectivity index (χ3v) is 4.68. The lowest BCUT2D eigenvalue weighted by molar-refractivity contribution is -0.137. The number of halogens is 1. The first-order valence-corrected chi connectivity index (χ1v) is 8.49. The van der Waals surface area contributed by atoms with Crippen LogP contribution in [0.25, 0.3) is 0 Å². The van der Waals surface area contributed by atoms with E-state index in [0.29, 0.717) is 12.5 Å². The van der Waals surface area contributed by atoms with E-state index in [0.717, 1.165) is 44.1 Å². The summed E-state index contributed by atoms with van der Waals surface area (Å²) in [5.74, 6) is 0.418. The Morgan fingerprint density at radius 1 is 1.48 bits per heavy atom. The van der Waals surface area contributed by atoms with Gasteiger partial charge in [0.05, 0.1) is 6.61 Å². The first-order chi connectivity index (χ1) is 9.86. The van der Waals surface area contributed by atoms with E-state index < -0.39 is 0 Å². The van der Waals surface area contributed by atoms with Gasteiger partial charge in [-0.25, -0.2) is 4.79 Å². The molecule has 21 heavy (non-hydrogen) atoms. The van der Waals surface area contributed by atoms with Crippen molar-refractivity contribution < 1.29 is 9.53 Å². The normalized spacial score (nSPS) is 21.0. The van der Waals surface area contributed by atoms with Crippen LogP contribution in [0.2, 0.25) is 0 Å². The molecule has 3 heteroatoms. The maximum absolute atomic E-state index is 11.4. The van der Waals surface area contributed by atoms with Crippen molar-refractivity contribution in [1.29, 1.82) is 0 Å². The molecule has 0 radical (unpaired) electrons. The van der Waals surface area contributed by atoms with Crippen molar-refractivity contribution in [1.82, 2.24) is 0 Å². The minimum absolute atomic E-state index is 0.0622. The van der Waals surface area contributed by atoms with Crippen LogP contribution in [0.3, 0.4) is 0 Å². The van der Waals surface area contributed by atoms with Gasteiger partial charge >= 0.3 is 5.97 Å². The number of carbonyl (C=O) groups excluding carboxylic acids is 1. The Labute approximate surface area is 134 Å². The largest absolute Gasteiger partial charge is 0.463 e. The number of carbonyl (C=O) groups is 1. The topological polar surface area (TPSA) is 26.3 Å². The number of esters is 1. The molecule has 2 nitrogen and oxygen atoms in total. The van der Waals surface area contributed by atoms with Crippen molar-refractivity contribution in [2.24, 2.45) is 5.92 Å². The molecule has 0 spiro atoms. The number of hydrogen-bond donors (Lipinski definition) is 0. The smallest absolute Gasteiger partial charge is 0.331 e. The molecule has 0 saturated carbocycles. The number of hydrogen-bond acceptors (Lipinski definition) is 2. The molecule has 2 unspecified atom stereocenters. The molecular formula is C18H29ClO2. The molecular weight excluding hydrogens is 284 g/mol. The highest BCUT2D eigenvalue weighted by Crippen LogP contribution is 2.32. The molecule has 0 aromatic carbocycles. The molecule has 0 aromatic rings. The lowest BCUT2D eigenvalue weighted by Gasteiger charge is -2.22. The second kappa shape index (κ2) is 8.63. The third kappa shape index (κ3) is 7.17. The fourth-order valence-corrected chi connectivity index (χ4v) is 2.70. The van der Waals surface area contributed by atoms with Gasteiger partial charge in [-0.3, -0.25) is 0 Å². The van der Waals surface area contributed by atoms with Crippen molar-refractivity contribution in [3.63, 3.8) is 0 Å². The van der Waals surface area contributed by atoms with E-state index in [2.05, 4.69) is 26.8 Å². The van der Waals surface area contributed by atoms with Gasteiger partial charge in [-0.1, -0.05) is 25.5 Å². The average Bonchev–Trinajstić information content (AvgIpc) is 2.84. The molecule has 0 aliphatic heterocycles. The SMILES string of the molecule is CCOC(=O)C=C1C=C(CC(C)CCC(C)(Cl)CC)CC1. The summed E-state index contributed by atoms with van der Waals surface area (Å²) in [7, 11) is 0. The minimum atomic E-state index is -0.223. The summed E-state index contributed by atoms with van der Waals surface area (Å²) in [6.45, 7) is 8.82. The highest BCUT2D eigenvalue weighted by Gasteiger charge is 2.20. The molecule has 120 valence electrons. The molecule has 1 aliphatic carbocycles. The van der Waals surface area contributed by atoms with Crippen LogP contribution in [0.1, 0.15) is 66.2 Å². The fraction of sp³-hybridized carbons (Fsp3) is 0.722. The molecule has 1 rings (SSSR count). The minimum Gasteiger partial charge on any atom is -0.463 e. The molecule has 0 saturated heterocycles. The Bertz CT molecular complexity index is 407. The summed E-state index contributed by atoms with van der Waals surface area (Å²) < 4.78 is 4.95. The third-order valence-electron chi connectivity index (χ3n) is 4.22. The summed E-state index contributed by atoms with van der Waals surface area (Å²) in [6, 6.07) is 0. The van der Waals surface area contributed by atoms with E-state index in [1.807, 2.05) is 6.92 Å². The quantitative estimate of drug-likeness (QED) is 0.340. The van der Waals surface area contributed by atoms with E-state index in [4.69, 9.17) is 16.3 Å². The average molecular weight is 313 g/mol. The van der Waals surface area contributed by atoms with Crippen molar-refractivity contribution in [3.8, 4) is 0 Å². The maximum atomic E-state index is 11.4. The predicted molar refractivity (Wildman–Crippen MR) is 89.6 cm³/mol. The van der Waals surface area contributed by atoms with Gasteiger partial charge in [0.2, 0.25) is 0 Å². The van der Waals surface area contributed by atoms with E-state index in [1.165, 1.54) is 5.57 Å². The molecule has 2 atom stereocenters. The lowest BCUT2D eigenvalue weighted by Crippen LogP contribution is -2.16. The summed E-state index contributed by atoms with van der Waals surface area (Å²) in [5.41, 5.74) is 2.55. The molecule has 0 fully saturated rings. The first kappa shape index (κ1) is 18.3. The van der Waals surface area contributed by atoms with Crippen molar-refractivity contribution >= 4 is 17.6 Å². The van der Waals surface area contributed by atoms with E-state index in [1.54, 1.807) is 6.08 Å². The van der Waals surface area contributed by atoms with Crippen molar-refractivity contribution in [2.75, 3.05) is 6.61 Å². The molecule has 1 aliphatic rings. The van der Waals surface area contributed by atoms with Crippen LogP contribution < -0.4 is 0 Å². The second-order valence-electron chi connectivity index (χ2n) is 6.39. The zero-order chi connectivity index (χ0) is 15.9. The van der Waals surface area contributed by atoms with Gasteiger partial charge in [0.25, 0.3) is 0 Å². The second-order valence-corrected chi connectivity index (χ2v) is 7.30. The first-order valence-electron chi connectivity index (χ1n) is 8.12. The Kier molecular flexibility index (Phi) is 7.51. The standard InChI is InChI=1S/C18H29ClO2/c1-5-18(4,19)10-9-14(3)11-15-7-8-16(12-15)13-17(20)21-6-2/h12-14H,5-11H2,1-4H3. The number of alkyl halides is 1. The van der Waals surface area contributed by atoms with Crippen molar-refractivity contribution in [3.05, 3.63) is 23.3 Å². The summed E-state index contributed by atoms with van der Waals surface area (Å²) >= 11 is 6.42. The Morgan fingerprint density at radius 2 is 2.19 bits per heavy atom. The zero-order valence-corrected chi connectivity index (χ0v) is 14.6. The van der Waals surface area contributed by atoms with Crippen LogP contribution in [0.5, 0.6) is 0 Å². The fourth-order valence-electron chi connectivity index (χ4n) is 2.60. The number of allylic oxidation sites excluding steroid dienone is 3. The molecule has 0 N–H and O–H groups in total. The maximum Gasteiger partial charge on any atom is 0.331 e. The zero-order valence-electron chi connectivity index (χ0n) is 13.9. The van der Waals surface area contributed by atoms with Gasteiger partial charge < -0.3 is 4.74 Å². The lowest BCUT2D eigenvalue weighted by atomic mass is 9.91. The van der Waals surface area contributed by atoms with E-state index in [-0.39, 0.29) is 10.8 Å². The van der Waals surface area contributed by atoms with Crippen LogP contribution in [-0.2, 0) is 9.53 Å². The van der Waals surface area contributed by atoms with Crippen LogP contribution in [-0.4, -0.2) is 17.5 Å². The Morgan fingerprint density at radius 3 is 2.81 bits per heavy atom. The van der Waals surface area contributed by atoms with Crippen LogP contribution in [0, 0.1) is 5.92 Å². The Balaban J connectivity index is 2.43. The molecule has 0 heterocycles. The van der Waals surface area contributed by atoms with Gasteiger partial charge in [-0.15, -0.1) is 11.6 Å². The van der Waals surface area contributed by atoms with Gasteiger partial charge in [0.1, 0.15) is 0 Å². The predicted octanol–water partition coefficient (Wildman–Crippen LogP) is 5.41. The number of rotatable bonds is 8. The number of ether oxygens (including phenoxy) is 1. The van der Waals surface area contributed by atoms with Gasteiger partial charge in [0.15, 0.2) is 0 Å². The monoisotopic (exact) mass is 312 g/mol.